The van der Waals surface area contributed by atoms with E-state index >= 15 is 0 Å². The van der Waals surface area contributed by atoms with Crippen molar-refractivity contribution in [3.63, 3.8) is 0 Å². The highest BCUT2D eigenvalue weighted by atomic mass is 19.4. The predicted molar refractivity (Wildman–Crippen MR) is 84.4 cm³/mol. The Kier molecular flexibility index (Phi) is 4.68. The minimum atomic E-state index is -4.37. The highest BCUT2D eigenvalue weighted by Gasteiger charge is 2.30. The van der Waals surface area contributed by atoms with Crippen molar-refractivity contribution in [3.05, 3.63) is 36.0 Å². The van der Waals surface area contributed by atoms with Gasteiger partial charge >= 0.3 is 6.18 Å². The molecule has 132 valence electrons. The van der Waals surface area contributed by atoms with Crippen LogP contribution in [0.2, 0.25) is 0 Å². The highest BCUT2D eigenvalue weighted by molar-refractivity contribution is 5.57. The van der Waals surface area contributed by atoms with E-state index in [0.29, 0.717) is 43.6 Å². The number of carbonyl (C=O) groups is 1. The van der Waals surface area contributed by atoms with Crippen LogP contribution in [0.1, 0.15) is 5.56 Å². The van der Waals surface area contributed by atoms with E-state index in [-0.39, 0.29) is 0 Å². The maximum absolute atomic E-state index is 12.6. The molecule has 0 radical (unpaired) electrons. The van der Waals surface area contributed by atoms with Crippen molar-refractivity contribution in [1.82, 2.24) is 20.1 Å². The number of halogens is 3. The zero-order chi connectivity index (χ0) is 17.9. The van der Waals surface area contributed by atoms with Crippen LogP contribution in [0, 0.1) is 0 Å². The molecule has 10 heteroatoms. The maximum Gasteiger partial charge on any atom is 0.416 e. The molecule has 0 saturated carbocycles. The molecule has 2 aromatic rings. The van der Waals surface area contributed by atoms with E-state index in [2.05, 4.69) is 20.5 Å². The SMILES string of the molecule is O=CN1CCN(c2nncc(Nc3ccc(C(F)(F)F)cc3)n2)CC1. The van der Waals surface area contributed by atoms with E-state index in [9.17, 15) is 18.0 Å². The van der Waals surface area contributed by atoms with Crippen molar-refractivity contribution in [2.75, 3.05) is 36.4 Å². The zero-order valence-corrected chi connectivity index (χ0v) is 13.1. The minimum Gasteiger partial charge on any atom is -0.342 e. The van der Waals surface area contributed by atoms with E-state index in [1.54, 1.807) is 4.90 Å². The lowest BCUT2D eigenvalue weighted by atomic mass is 10.2. The molecule has 0 aliphatic carbocycles. The van der Waals surface area contributed by atoms with E-state index in [1.807, 2.05) is 4.90 Å². The van der Waals surface area contributed by atoms with Crippen molar-refractivity contribution in [1.29, 1.82) is 0 Å². The van der Waals surface area contributed by atoms with Crippen LogP contribution in [0.15, 0.2) is 30.5 Å². The monoisotopic (exact) mass is 352 g/mol. The Hall–Kier alpha value is -2.91. The van der Waals surface area contributed by atoms with Gasteiger partial charge in [-0.1, -0.05) is 0 Å². The molecule has 1 fully saturated rings. The van der Waals surface area contributed by atoms with Gasteiger partial charge in [-0.05, 0) is 24.3 Å². The lowest BCUT2D eigenvalue weighted by Gasteiger charge is -2.32. The summed E-state index contributed by atoms with van der Waals surface area (Å²) >= 11 is 0. The van der Waals surface area contributed by atoms with Crippen LogP contribution in [0.5, 0.6) is 0 Å². The van der Waals surface area contributed by atoms with Gasteiger partial charge in [0.25, 0.3) is 0 Å². The van der Waals surface area contributed by atoms with Crippen molar-refractivity contribution in [2.24, 2.45) is 0 Å². The third-order valence-corrected chi connectivity index (χ3v) is 3.78. The number of aromatic nitrogens is 3. The number of alkyl halides is 3. The molecule has 0 bridgehead atoms. The van der Waals surface area contributed by atoms with E-state index in [0.717, 1.165) is 18.5 Å². The van der Waals surface area contributed by atoms with Crippen LogP contribution in [0.25, 0.3) is 0 Å². The Balaban J connectivity index is 1.69. The molecule has 0 unspecified atom stereocenters. The number of benzene rings is 1. The topological polar surface area (TPSA) is 74.2 Å². The summed E-state index contributed by atoms with van der Waals surface area (Å²) in [7, 11) is 0. The van der Waals surface area contributed by atoms with Crippen LogP contribution in [0.3, 0.4) is 0 Å². The number of nitrogens with zero attached hydrogens (tertiary/aromatic N) is 5. The van der Waals surface area contributed by atoms with Gasteiger partial charge in [-0.2, -0.15) is 23.3 Å². The third-order valence-electron chi connectivity index (χ3n) is 3.78. The first-order valence-corrected chi connectivity index (χ1v) is 7.54. The summed E-state index contributed by atoms with van der Waals surface area (Å²) in [6.45, 7) is 2.32. The average molecular weight is 352 g/mol. The molecule has 3 rings (SSSR count). The normalized spacial score (nSPS) is 15.2. The number of hydrogen-bond donors (Lipinski definition) is 1. The third kappa shape index (κ3) is 4.14. The minimum absolute atomic E-state index is 0.377. The summed E-state index contributed by atoms with van der Waals surface area (Å²) < 4.78 is 37.7. The van der Waals surface area contributed by atoms with Gasteiger partial charge in [0.1, 0.15) is 0 Å². The summed E-state index contributed by atoms with van der Waals surface area (Å²) in [5.41, 5.74) is -0.252. The number of hydrogen-bond acceptors (Lipinski definition) is 6. The Morgan fingerprint density at radius 2 is 1.76 bits per heavy atom. The quantitative estimate of drug-likeness (QED) is 0.848. The van der Waals surface area contributed by atoms with Gasteiger partial charge in [0.05, 0.1) is 11.8 Å². The molecule has 1 N–H and O–H groups in total. The van der Waals surface area contributed by atoms with E-state index in [4.69, 9.17) is 0 Å². The molecule has 0 spiro atoms. The maximum atomic E-state index is 12.6. The van der Waals surface area contributed by atoms with Crippen LogP contribution in [-0.4, -0.2) is 52.7 Å². The van der Waals surface area contributed by atoms with Crippen LogP contribution in [0.4, 0.5) is 30.6 Å². The number of rotatable bonds is 4. The Morgan fingerprint density at radius 3 is 2.36 bits per heavy atom. The summed E-state index contributed by atoms with van der Waals surface area (Å²) in [4.78, 5) is 18.6. The zero-order valence-electron chi connectivity index (χ0n) is 13.1. The highest BCUT2D eigenvalue weighted by Crippen LogP contribution is 2.30. The standard InChI is InChI=1S/C15H15F3N6O/c16-15(17,18)11-1-3-12(4-2-11)20-13-9-19-22-14(21-13)24-7-5-23(10-25)6-8-24/h1-4,9-10H,5-8H2,(H,20,21,22). The fraction of sp³-hybridized carbons (Fsp3) is 0.333. The Bertz CT molecular complexity index is 729. The summed E-state index contributed by atoms with van der Waals surface area (Å²) in [6.07, 6.45) is -2.17. The Labute approximate surface area is 141 Å². The molecule has 1 aromatic heterocycles. The van der Waals surface area contributed by atoms with Crippen molar-refractivity contribution in [2.45, 2.75) is 6.18 Å². The second kappa shape index (κ2) is 6.91. The number of amides is 1. The first-order chi connectivity index (χ1) is 12.0. The fourth-order valence-electron chi connectivity index (χ4n) is 2.41. The van der Waals surface area contributed by atoms with Gasteiger partial charge in [-0.25, -0.2) is 0 Å². The van der Waals surface area contributed by atoms with Crippen molar-refractivity contribution < 1.29 is 18.0 Å². The van der Waals surface area contributed by atoms with Gasteiger partial charge in [0.2, 0.25) is 12.4 Å². The smallest absolute Gasteiger partial charge is 0.342 e. The summed E-state index contributed by atoms with van der Waals surface area (Å²) in [6, 6.07) is 4.65. The average Bonchev–Trinajstić information content (AvgIpc) is 2.62. The lowest BCUT2D eigenvalue weighted by Crippen LogP contribution is -2.46. The van der Waals surface area contributed by atoms with E-state index in [1.165, 1.54) is 18.3 Å². The van der Waals surface area contributed by atoms with Crippen molar-refractivity contribution in [3.8, 4) is 0 Å². The first-order valence-electron chi connectivity index (χ1n) is 7.54. The van der Waals surface area contributed by atoms with Crippen LogP contribution < -0.4 is 10.2 Å². The second-order valence-corrected chi connectivity index (χ2v) is 5.47. The molecule has 1 aliphatic heterocycles. The number of piperazine rings is 1. The fourth-order valence-corrected chi connectivity index (χ4v) is 2.41. The molecule has 1 saturated heterocycles. The molecular weight excluding hydrogens is 337 g/mol. The van der Waals surface area contributed by atoms with Crippen LogP contribution >= 0.6 is 0 Å². The van der Waals surface area contributed by atoms with Gasteiger partial charge in [-0.3, -0.25) is 4.79 Å². The molecular formula is C15H15F3N6O. The Morgan fingerprint density at radius 1 is 1.08 bits per heavy atom. The number of carbonyl (C=O) groups excluding carboxylic acids is 1. The van der Waals surface area contributed by atoms with Gasteiger partial charge < -0.3 is 15.1 Å². The molecule has 1 amide bonds. The number of anilines is 3. The van der Waals surface area contributed by atoms with E-state index < -0.39 is 11.7 Å². The molecule has 7 nitrogen and oxygen atoms in total. The predicted octanol–water partition coefficient (Wildman–Crippen LogP) is 1.91. The molecule has 2 heterocycles. The molecule has 25 heavy (non-hydrogen) atoms. The van der Waals surface area contributed by atoms with Crippen LogP contribution in [-0.2, 0) is 11.0 Å². The molecule has 1 aliphatic rings. The van der Waals surface area contributed by atoms with Gasteiger partial charge in [-0.15, -0.1) is 5.10 Å². The largest absolute Gasteiger partial charge is 0.416 e. The second-order valence-electron chi connectivity index (χ2n) is 5.47. The van der Waals surface area contributed by atoms with Gasteiger partial charge in [0.15, 0.2) is 5.82 Å². The van der Waals surface area contributed by atoms with Gasteiger partial charge in [0, 0.05) is 31.9 Å². The van der Waals surface area contributed by atoms with Crippen molar-refractivity contribution >= 4 is 23.9 Å². The first kappa shape index (κ1) is 16.9. The molecule has 0 atom stereocenters. The number of nitrogens with one attached hydrogen (secondary N) is 1. The molecule has 1 aromatic carbocycles. The summed E-state index contributed by atoms with van der Waals surface area (Å²) in [5, 5.41) is 10.8. The summed E-state index contributed by atoms with van der Waals surface area (Å²) in [5.74, 6) is 0.782. The lowest BCUT2D eigenvalue weighted by molar-refractivity contribution is -0.137.